The third kappa shape index (κ3) is 3.77. The molecule has 1 N–H and O–H groups in total. The second-order valence-electron chi connectivity index (χ2n) is 4.89. The molecule has 5 heteroatoms. The average molecular weight is 337 g/mol. The van der Waals surface area contributed by atoms with Crippen molar-refractivity contribution in [3.8, 4) is 11.5 Å². The van der Waals surface area contributed by atoms with Gasteiger partial charge in [0.25, 0.3) is 0 Å². The fourth-order valence-electron chi connectivity index (χ4n) is 1.89. The molecular formula is C15H14BrFN2O. The van der Waals surface area contributed by atoms with E-state index in [0.29, 0.717) is 22.0 Å². The highest BCUT2D eigenvalue weighted by molar-refractivity contribution is 9.10. The standard InChI is InChI=1S/C15H14BrFN2O/c16-11-4-12(17)6-14(5-11)20-15-3-10(7-18-9-15)8-19-13-1-2-13/h3-7,9,13,19H,1-2,8H2. The van der Waals surface area contributed by atoms with E-state index in [1.54, 1.807) is 12.3 Å². The van der Waals surface area contributed by atoms with Gasteiger partial charge in [0, 0.05) is 29.3 Å². The molecule has 3 rings (SSSR count). The first kappa shape index (κ1) is 13.5. The molecule has 0 amide bonds. The highest BCUT2D eigenvalue weighted by Gasteiger charge is 2.19. The summed E-state index contributed by atoms with van der Waals surface area (Å²) in [7, 11) is 0. The zero-order chi connectivity index (χ0) is 13.9. The molecule has 0 saturated heterocycles. The minimum Gasteiger partial charge on any atom is -0.456 e. The van der Waals surface area contributed by atoms with E-state index in [1.165, 1.54) is 25.0 Å². The first-order chi connectivity index (χ1) is 9.69. The fraction of sp³-hybridized carbons (Fsp3) is 0.267. The molecule has 2 aromatic rings. The summed E-state index contributed by atoms with van der Waals surface area (Å²) in [6.45, 7) is 0.779. The van der Waals surface area contributed by atoms with Crippen LogP contribution in [0.1, 0.15) is 18.4 Å². The number of nitrogens with one attached hydrogen (secondary N) is 1. The van der Waals surface area contributed by atoms with Gasteiger partial charge in [-0.25, -0.2) is 4.39 Å². The predicted octanol–water partition coefficient (Wildman–Crippen LogP) is 4.03. The van der Waals surface area contributed by atoms with E-state index in [0.717, 1.165) is 12.1 Å². The number of hydrogen-bond acceptors (Lipinski definition) is 3. The molecule has 1 aliphatic carbocycles. The zero-order valence-electron chi connectivity index (χ0n) is 10.8. The molecule has 1 aromatic carbocycles. The minimum atomic E-state index is -0.339. The van der Waals surface area contributed by atoms with Gasteiger partial charge in [-0.1, -0.05) is 15.9 Å². The van der Waals surface area contributed by atoms with Crippen LogP contribution in [0, 0.1) is 5.82 Å². The first-order valence-electron chi connectivity index (χ1n) is 6.50. The normalized spacial score (nSPS) is 14.3. The predicted molar refractivity (Wildman–Crippen MR) is 78.3 cm³/mol. The molecule has 3 nitrogen and oxygen atoms in total. The Bertz CT molecular complexity index is 596. The van der Waals surface area contributed by atoms with E-state index in [-0.39, 0.29) is 5.82 Å². The summed E-state index contributed by atoms with van der Waals surface area (Å²) >= 11 is 3.24. The molecular weight excluding hydrogens is 323 g/mol. The molecule has 1 aromatic heterocycles. The van der Waals surface area contributed by atoms with Crippen LogP contribution in [0.5, 0.6) is 11.5 Å². The van der Waals surface area contributed by atoms with Crippen LogP contribution >= 0.6 is 15.9 Å². The smallest absolute Gasteiger partial charge is 0.146 e. The summed E-state index contributed by atoms with van der Waals surface area (Å²) < 4.78 is 19.6. The van der Waals surface area contributed by atoms with Crippen LogP contribution in [0.3, 0.4) is 0 Å². The Morgan fingerprint density at radius 3 is 2.80 bits per heavy atom. The average Bonchev–Trinajstić information content (AvgIpc) is 3.19. The highest BCUT2D eigenvalue weighted by atomic mass is 79.9. The van der Waals surface area contributed by atoms with Crippen LogP contribution in [-0.2, 0) is 6.54 Å². The number of nitrogens with zero attached hydrogens (tertiary/aromatic N) is 1. The van der Waals surface area contributed by atoms with E-state index >= 15 is 0 Å². The third-order valence-electron chi connectivity index (χ3n) is 3.01. The van der Waals surface area contributed by atoms with Gasteiger partial charge in [0.2, 0.25) is 0 Å². The Balaban J connectivity index is 1.70. The SMILES string of the molecule is Fc1cc(Br)cc(Oc2cncc(CNC3CC3)c2)c1. The van der Waals surface area contributed by atoms with Gasteiger partial charge in [0.1, 0.15) is 17.3 Å². The van der Waals surface area contributed by atoms with Crippen molar-refractivity contribution in [3.05, 3.63) is 52.5 Å². The van der Waals surface area contributed by atoms with Crippen LogP contribution in [0.2, 0.25) is 0 Å². The molecule has 0 radical (unpaired) electrons. The van der Waals surface area contributed by atoms with Gasteiger partial charge >= 0.3 is 0 Å². The highest BCUT2D eigenvalue weighted by Crippen LogP contribution is 2.26. The summed E-state index contributed by atoms with van der Waals surface area (Å²) in [5, 5.41) is 3.42. The van der Waals surface area contributed by atoms with Gasteiger partial charge in [-0.3, -0.25) is 4.98 Å². The number of aromatic nitrogens is 1. The topological polar surface area (TPSA) is 34.1 Å². The molecule has 104 valence electrons. The Hall–Kier alpha value is -1.46. The van der Waals surface area contributed by atoms with Crippen LogP contribution < -0.4 is 10.1 Å². The third-order valence-corrected chi connectivity index (χ3v) is 3.47. The van der Waals surface area contributed by atoms with Gasteiger partial charge in [-0.2, -0.15) is 0 Å². The summed E-state index contributed by atoms with van der Waals surface area (Å²) in [5.74, 6) is 0.720. The molecule has 0 aliphatic heterocycles. The van der Waals surface area contributed by atoms with Crippen molar-refractivity contribution in [2.24, 2.45) is 0 Å². The first-order valence-corrected chi connectivity index (χ1v) is 7.29. The van der Waals surface area contributed by atoms with Crippen LogP contribution in [-0.4, -0.2) is 11.0 Å². The van der Waals surface area contributed by atoms with Crippen molar-refractivity contribution in [1.82, 2.24) is 10.3 Å². The maximum atomic E-state index is 13.3. The lowest BCUT2D eigenvalue weighted by atomic mass is 10.2. The Morgan fingerprint density at radius 1 is 1.20 bits per heavy atom. The van der Waals surface area contributed by atoms with Crippen molar-refractivity contribution in [2.45, 2.75) is 25.4 Å². The van der Waals surface area contributed by atoms with Gasteiger partial charge in [0.05, 0.1) is 6.20 Å². The molecule has 0 bridgehead atoms. The molecule has 0 spiro atoms. The lowest BCUT2D eigenvalue weighted by molar-refractivity contribution is 0.472. The van der Waals surface area contributed by atoms with Crippen molar-refractivity contribution in [1.29, 1.82) is 0 Å². The quantitative estimate of drug-likeness (QED) is 0.895. The maximum Gasteiger partial charge on any atom is 0.146 e. The molecule has 20 heavy (non-hydrogen) atoms. The van der Waals surface area contributed by atoms with Gasteiger partial charge in [-0.15, -0.1) is 0 Å². The number of pyridine rings is 1. The second-order valence-corrected chi connectivity index (χ2v) is 5.81. The summed E-state index contributed by atoms with van der Waals surface area (Å²) in [6, 6.07) is 7.03. The lowest BCUT2D eigenvalue weighted by Gasteiger charge is -2.08. The van der Waals surface area contributed by atoms with E-state index in [2.05, 4.69) is 26.2 Å². The molecule has 1 heterocycles. The van der Waals surface area contributed by atoms with Gasteiger partial charge in [-0.05, 0) is 36.6 Å². The maximum absolute atomic E-state index is 13.3. The van der Waals surface area contributed by atoms with Gasteiger partial charge < -0.3 is 10.1 Å². The number of halogens is 2. The van der Waals surface area contributed by atoms with E-state index < -0.39 is 0 Å². The number of ether oxygens (including phenoxy) is 1. The second kappa shape index (κ2) is 5.89. The number of benzene rings is 1. The Morgan fingerprint density at radius 2 is 2.05 bits per heavy atom. The van der Waals surface area contributed by atoms with Crippen LogP contribution in [0.25, 0.3) is 0 Å². The molecule has 1 saturated carbocycles. The summed E-state index contributed by atoms with van der Waals surface area (Å²) in [6.07, 6.45) is 5.94. The molecule has 0 atom stereocenters. The molecule has 1 fully saturated rings. The van der Waals surface area contributed by atoms with Crippen molar-refractivity contribution in [2.75, 3.05) is 0 Å². The monoisotopic (exact) mass is 336 g/mol. The Labute approximate surface area is 125 Å². The van der Waals surface area contributed by atoms with Crippen LogP contribution in [0.4, 0.5) is 4.39 Å². The molecule has 1 aliphatic rings. The minimum absolute atomic E-state index is 0.339. The zero-order valence-corrected chi connectivity index (χ0v) is 12.4. The number of rotatable bonds is 5. The largest absolute Gasteiger partial charge is 0.456 e. The van der Waals surface area contributed by atoms with Crippen molar-refractivity contribution in [3.63, 3.8) is 0 Å². The van der Waals surface area contributed by atoms with E-state index in [4.69, 9.17) is 4.74 Å². The Kier molecular flexibility index (Phi) is 3.98. The van der Waals surface area contributed by atoms with Crippen molar-refractivity contribution < 1.29 is 9.13 Å². The van der Waals surface area contributed by atoms with Crippen LogP contribution in [0.15, 0.2) is 41.1 Å². The fourth-order valence-corrected chi connectivity index (χ4v) is 2.33. The lowest BCUT2D eigenvalue weighted by Crippen LogP contribution is -2.15. The van der Waals surface area contributed by atoms with E-state index in [1.807, 2.05) is 12.3 Å². The number of hydrogen-bond donors (Lipinski definition) is 1. The van der Waals surface area contributed by atoms with Gasteiger partial charge in [0.15, 0.2) is 0 Å². The molecule has 0 unspecified atom stereocenters. The van der Waals surface area contributed by atoms with Crippen molar-refractivity contribution >= 4 is 15.9 Å². The summed E-state index contributed by atoms with van der Waals surface area (Å²) in [5.41, 5.74) is 1.06. The van der Waals surface area contributed by atoms with E-state index in [9.17, 15) is 4.39 Å². The summed E-state index contributed by atoms with van der Waals surface area (Å²) in [4.78, 5) is 4.15.